The minimum absolute atomic E-state index is 0.0745. The average Bonchev–Trinajstić information content (AvgIpc) is 2.37. The van der Waals surface area contributed by atoms with E-state index in [0.717, 1.165) is 0 Å². The summed E-state index contributed by atoms with van der Waals surface area (Å²) in [5.41, 5.74) is 5.41. The molecule has 0 saturated carbocycles. The number of rotatable bonds is 6. The molecule has 1 aromatic rings. The molecule has 0 aliphatic carbocycles. The van der Waals surface area contributed by atoms with E-state index in [4.69, 9.17) is 15.2 Å². The second-order valence-electron chi connectivity index (χ2n) is 3.90. The molecule has 0 aromatic heterocycles. The molecular formula is C11H17BrN2O4S. The fourth-order valence-corrected chi connectivity index (χ4v) is 3.71. The van der Waals surface area contributed by atoms with E-state index in [2.05, 4.69) is 20.7 Å². The molecule has 1 atom stereocenters. The van der Waals surface area contributed by atoms with Gasteiger partial charge in [0.15, 0.2) is 11.5 Å². The minimum atomic E-state index is -3.67. The van der Waals surface area contributed by atoms with Crippen LogP contribution in [-0.2, 0) is 10.0 Å². The first-order chi connectivity index (χ1) is 8.85. The van der Waals surface area contributed by atoms with Gasteiger partial charge in [0, 0.05) is 23.1 Å². The van der Waals surface area contributed by atoms with Crippen LogP contribution in [0.4, 0.5) is 0 Å². The Bertz CT molecular complexity index is 548. The molecule has 1 aromatic carbocycles. The number of sulfonamides is 1. The lowest BCUT2D eigenvalue weighted by Gasteiger charge is -2.15. The van der Waals surface area contributed by atoms with Gasteiger partial charge in [-0.1, -0.05) is 0 Å². The lowest BCUT2D eigenvalue weighted by atomic mass is 10.3. The zero-order valence-electron chi connectivity index (χ0n) is 10.9. The Hall–Kier alpha value is -0.830. The molecule has 0 aliphatic rings. The van der Waals surface area contributed by atoms with E-state index < -0.39 is 10.0 Å². The highest BCUT2D eigenvalue weighted by Crippen LogP contribution is 2.35. The number of hydrogen-bond donors (Lipinski definition) is 2. The van der Waals surface area contributed by atoms with Gasteiger partial charge in [-0.15, -0.1) is 0 Å². The van der Waals surface area contributed by atoms with E-state index in [1.54, 1.807) is 13.0 Å². The van der Waals surface area contributed by atoms with Gasteiger partial charge in [0.1, 0.15) is 4.90 Å². The Balaban J connectivity index is 3.27. The van der Waals surface area contributed by atoms with Gasteiger partial charge in [-0.25, -0.2) is 13.1 Å². The summed E-state index contributed by atoms with van der Waals surface area (Å²) in [6, 6.07) is 2.58. The van der Waals surface area contributed by atoms with Gasteiger partial charge in [0.05, 0.1) is 14.2 Å². The molecule has 0 amide bonds. The number of ether oxygens (including phenoxy) is 2. The van der Waals surface area contributed by atoms with Crippen LogP contribution < -0.4 is 19.9 Å². The fraction of sp³-hybridized carbons (Fsp3) is 0.455. The molecular weight excluding hydrogens is 336 g/mol. The molecule has 3 N–H and O–H groups in total. The molecule has 6 nitrogen and oxygen atoms in total. The Morgan fingerprint density at radius 1 is 1.32 bits per heavy atom. The average molecular weight is 353 g/mol. The standard InChI is InChI=1S/C11H17BrN2O4S/c1-7(6-13)14-19(15,16)11-5-10(18-3)9(17-2)4-8(11)12/h4-5,7,14H,6,13H2,1-3H3/t7-/m0/s1. The van der Waals surface area contributed by atoms with E-state index in [0.29, 0.717) is 16.0 Å². The molecule has 1 rings (SSSR count). The molecule has 8 heteroatoms. The molecule has 0 spiro atoms. The van der Waals surface area contributed by atoms with Crippen molar-refractivity contribution in [2.75, 3.05) is 20.8 Å². The Morgan fingerprint density at radius 3 is 2.32 bits per heavy atom. The summed E-state index contributed by atoms with van der Waals surface area (Å²) in [5.74, 6) is 0.784. The second kappa shape index (κ2) is 6.56. The summed E-state index contributed by atoms with van der Waals surface area (Å²) in [6.07, 6.45) is 0. The van der Waals surface area contributed by atoms with Crippen LogP contribution in [0.5, 0.6) is 11.5 Å². The first kappa shape index (κ1) is 16.2. The number of methoxy groups -OCH3 is 2. The van der Waals surface area contributed by atoms with Crippen molar-refractivity contribution in [3.05, 3.63) is 16.6 Å². The Labute approximate surface area is 121 Å². The lowest BCUT2D eigenvalue weighted by molar-refractivity contribution is 0.353. The summed E-state index contributed by atoms with van der Waals surface area (Å²) in [4.78, 5) is 0.0745. The van der Waals surface area contributed by atoms with Crippen molar-refractivity contribution in [1.82, 2.24) is 4.72 Å². The molecule has 0 radical (unpaired) electrons. The van der Waals surface area contributed by atoms with Crippen LogP contribution in [0.25, 0.3) is 0 Å². The third-order valence-corrected chi connectivity index (χ3v) is 4.99. The third kappa shape index (κ3) is 3.82. The van der Waals surface area contributed by atoms with Crippen molar-refractivity contribution in [2.45, 2.75) is 17.9 Å². The van der Waals surface area contributed by atoms with Crippen molar-refractivity contribution in [3.63, 3.8) is 0 Å². The maximum Gasteiger partial charge on any atom is 0.242 e. The number of hydrogen-bond acceptors (Lipinski definition) is 5. The van der Waals surface area contributed by atoms with E-state index in [1.807, 2.05) is 0 Å². The van der Waals surface area contributed by atoms with E-state index in [9.17, 15) is 8.42 Å². The second-order valence-corrected chi connectivity index (χ2v) is 6.43. The van der Waals surface area contributed by atoms with Gasteiger partial charge in [-0.3, -0.25) is 0 Å². The van der Waals surface area contributed by atoms with Gasteiger partial charge < -0.3 is 15.2 Å². The molecule has 0 unspecified atom stereocenters. The van der Waals surface area contributed by atoms with Crippen molar-refractivity contribution >= 4 is 26.0 Å². The maximum atomic E-state index is 12.2. The van der Waals surface area contributed by atoms with Gasteiger partial charge in [-0.2, -0.15) is 0 Å². The smallest absolute Gasteiger partial charge is 0.242 e. The van der Waals surface area contributed by atoms with Crippen LogP contribution in [0, 0.1) is 0 Å². The van der Waals surface area contributed by atoms with Gasteiger partial charge in [-0.05, 0) is 28.9 Å². The van der Waals surface area contributed by atoms with Crippen LogP contribution in [0.3, 0.4) is 0 Å². The fourth-order valence-electron chi connectivity index (χ4n) is 1.42. The van der Waals surface area contributed by atoms with Crippen LogP contribution >= 0.6 is 15.9 Å². The van der Waals surface area contributed by atoms with E-state index in [-0.39, 0.29) is 17.5 Å². The SMILES string of the molecule is COc1cc(Br)c(S(=O)(=O)N[C@@H](C)CN)cc1OC. The predicted octanol–water partition coefficient (Wildman–Crippen LogP) is 1.09. The zero-order chi connectivity index (χ0) is 14.6. The summed E-state index contributed by atoms with van der Waals surface area (Å²) in [6.45, 7) is 1.90. The highest BCUT2D eigenvalue weighted by atomic mass is 79.9. The summed E-state index contributed by atoms with van der Waals surface area (Å²) in [7, 11) is -0.750. The summed E-state index contributed by atoms with van der Waals surface area (Å²) >= 11 is 3.21. The molecule has 0 bridgehead atoms. The Kier molecular flexibility index (Phi) is 5.60. The molecule has 108 valence electrons. The van der Waals surface area contributed by atoms with Crippen LogP contribution in [-0.4, -0.2) is 35.2 Å². The molecule has 0 aliphatic heterocycles. The van der Waals surface area contributed by atoms with Crippen LogP contribution in [0.1, 0.15) is 6.92 Å². The number of benzene rings is 1. The Morgan fingerprint density at radius 2 is 1.84 bits per heavy atom. The van der Waals surface area contributed by atoms with Crippen LogP contribution in [0.2, 0.25) is 0 Å². The molecule has 0 heterocycles. The number of nitrogens with two attached hydrogens (primary N) is 1. The lowest BCUT2D eigenvalue weighted by Crippen LogP contribution is -2.37. The van der Waals surface area contributed by atoms with Gasteiger partial charge >= 0.3 is 0 Å². The first-order valence-electron chi connectivity index (χ1n) is 5.49. The van der Waals surface area contributed by atoms with E-state index >= 15 is 0 Å². The van der Waals surface area contributed by atoms with Crippen molar-refractivity contribution in [1.29, 1.82) is 0 Å². The molecule has 0 saturated heterocycles. The number of nitrogens with one attached hydrogen (secondary N) is 1. The maximum absolute atomic E-state index is 12.2. The highest BCUT2D eigenvalue weighted by Gasteiger charge is 2.22. The first-order valence-corrected chi connectivity index (χ1v) is 7.77. The predicted molar refractivity (Wildman–Crippen MR) is 76.1 cm³/mol. The minimum Gasteiger partial charge on any atom is -0.493 e. The summed E-state index contributed by atoms with van der Waals surface area (Å²) in [5, 5.41) is 0. The van der Waals surface area contributed by atoms with Crippen LogP contribution in [0.15, 0.2) is 21.5 Å². The monoisotopic (exact) mass is 352 g/mol. The van der Waals surface area contributed by atoms with Gasteiger partial charge in [0.2, 0.25) is 10.0 Å². The normalized spacial score (nSPS) is 13.1. The topological polar surface area (TPSA) is 90.7 Å². The number of halogens is 1. The largest absolute Gasteiger partial charge is 0.493 e. The van der Waals surface area contributed by atoms with Crippen molar-refractivity contribution in [3.8, 4) is 11.5 Å². The quantitative estimate of drug-likeness (QED) is 0.799. The molecule has 19 heavy (non-hydrogen) atoms. The van der Waals surface area contributed by atoms with Crippen molar-refractivity contribution in [2.24, 2.45) is 5.73 Å². The third-order valence-electron chi connectivity index (χ3n) is 2.44. The van der Waals surface area contributed by atoms with Crippen molar-refractivity contribution < 1.29 is 17.9 Å². The zero-order valence-corrected chi connectivity index (χ0v) is 13.3. The summed E-state index contributed by atoms with van der Waals surface area (Å²) < 4.78 is 37.4. The van der Waals surface area contributed by atoms with Gasteiger partial charge in [0.25, 0.3) is 0 Å². The van der Waals surface area contributed by atoms with E-state index in [1.165, 1.54) is 20.3 Å². The molecule has 0 fully saturated rings. The highest BCUT2D eigenvalue weighted by molar-refractivity contribution is 9.10.